The fourth-order valence-electron chi connectivity index (χ4n) is 0.740. The van der Waals surface area contributed by atoms with Crippen LogP contribution in [0.4, 0.5) is 0 Å². The number of nitrogens with zero attached hydrogens (tertiary/aromatic N) is 1. The van der Waals surface area contributed by atoms with Gasteiger partial charge in [-0.05, 0) is 0 Å². The molecule has 0 spiro atoms. The molecule has 0 aliphatic rings. The van der Waals surface area contributed by atoms with Crippen LogP contribution in [0.1, 0.15) is 12.2 Å². The minimum atomic E-state index is -0.219. The quantitative estimate of drug-likeness (QED) is 0.665. The monoisotopic (exact) mass is 199 g/mol. The molecule has 70 valence electrons. The van der Waals surface area contributed by atoms with Crippen molar-refractivity contribution < 1.29 is 9.32 Å². The molecule has 1 heterocycles. The predicted molar refractivity (Wildman–Crippen MR) is 49.8 cm³/mol. The van der Waals surface area contributed by atoms with Crippen LogP contribution < -0.4 is 11.1 Å². The predicted octanol–water partition coefficient (Wildman–Crippen LogP) is -0.0330. The van der Waals surface area contributed by atoms with E-state index in [1.165, 1.54) is 6.20 Å². The number of hydrogen-bond acceptors (Lipinski definition) is 4. The third kappa shape index (κ3) is 3.66. The Hall–Kier alpha value is -1.43. The molecule has 0 atom stereocenters. The molecular weight excluding hydrogens is 190 g/mol. The van der Waals surface area contributed by atoms with Gasteiger partial charge in [0.05, 0.1) is 24.2 Å². The van der Waals surface area contributed by atoms with Crippen molar-refractivity contribution in [2.75, 3.05) is 0 Å². The zero-order valence-corrected chi connectivity index (χ0v) is 7.63. The van der Waals surface area contributed by atoms with Crippen LogP contribution in [0.25, 0.3) is 0 Å². The molecule has 0 aromatic carbocycles. The van der Waals surface area contributed by atoms with E-state index in [4.69, 9.17) is 10.3 Å². The Morgan fingerprint density at radius 1 is 1.77 bits per heavy atom. The Kier molecular flexibility index (Phi) is 3.39. The molecule has 13 heavy (non-hydrogen) atoms. The number of thiocarbonyl (C=S) groups is 1. The van der Waals surface area contributed by atoms with E-state index in [1.807, 2.05) is 0 Å². The largest absolute Gasteiger partial charge is 0.393 e. The van der Waals surface area contributed by atoms with E-state index in [-0.39, 0.29) is 17.3 Å². The van der Waals surface area contributed by atoms with Gasteiger partial charge < -0.3 is 15.6 Å². The summed E-state index contributed by atoms with van der Waals surface area (Å²) in [6, 6.07) is 1.67. The average Bonchev–Trinajstić information content (AvgIpc) is 2.51. The number of aromatic nitrogens is 1. The van der Waals surface area contributed by atoms with Crippen molar-refractivity contribution in [1.82, 2.24) is 10.5 Å². The smallest absolute Gasteiger partial charge is 0.227 e. The van der Waals surface area contributed by atoms with E-state index in [0.717, 1.165) is 0 Å². The van der Waals surface area contributed by atoms with Gasteiger partial charge in [0.25, 0.3) is 0 Å². The van der Waals surface area contributed by atoms with Gasteiger partial charge in [-0.2, -0.15) is 0 Å². The summed E-state index contributed by atoms with van der Waals surface area (Å²) in [5.41, 5.74) is 5.18. The Bertz CT molecular complexity index is 297. The molecule has 5 nitrogen and oxygen atoms in total. The van der Waals surface area contributed by atoms with Gasteiger partial charge >= 0.3 is 0 Å². The molecule has 0 aliphatic heterocycles. The van der Waals surface area contributed by atoms with Crippen LogP contribution in [0.15, 0.2) is 16.8 Å². The van der Waals surface area contributed by atoms with Crippen molar-refractivity contribution in [3.05, 3.63) is 18.0 Å². The molecule has 1 amide bonds. The van der Waals surface area contributed by atoms with Gasteiger partial charge in [0.1, 0.15) is 0 Å². The van der Waals surface area contributed by atoms with E-state index in [2.05, 4.69) is 22.7 Å². The normalized spacial score (nSPS) is 9.54. The zero-order valence-electron chi connectivity index (χ0n) is 6.82. The third-order valence-corrected chi connectivity index (χ3v) is 1.43. The van der Waals surface area contributed by atoms with Crippen molar-refractivity contribution in [2.24, 2.45) is 5.73 Å². The summed E-state index contributed by atoms with van der Waals surface area (Å²) >= 11 is 4.57. The Labute approximate surface area is 80.3 Å². The minimum Gasteiger partial charge on any atom is -0.393 e. The van der Waals surface area contributed by atoms with Gasteiger partial charge in [-0.25, -0.2) is 0 Å². The molecule has 1 rings (SSSR count). The van der Waals surface area contributed by atoms with Crippen LogP contribution in [0.3, 0.4) is 0 Å². The maximum absolute atomic E-state index is 11.0. The highest BCUT2D eigenvalue weighted by atomic mass is 32.1. The Morgan fingerprint density at radius 2 is 2.54 bits per heavy atom. The summed E-state index contributed by atoms with van der Waals surface area (Å²) in [7, 11) is 0. The Morgan fingerprint density at radius 3 is 3.08 bits per heavy atom. The standard InChI is InChI=1S/C7H9N3O2S/c8-6(13)3-7(11)9-4-5-1-2-10-12-5/h1-2H,3-4H2,(H2,8,13)(H,9,11). The van der Waals surface area contributed by atoms with Gasteiger partial charge in [-0.1, -0.05) is 17.4 Å². The minimum absolute atomic E-state index is 0.0590. The number of nitrogens with two attached hydrogens (primary N) is 1. The second-order valence-corrected chi connectivity index (χ2v) is 2.92. The lowest BCUT2D eigenvalue weighted by molar-refractivity contribution is -0.120. The molecule has 0 saturated heterocycles. The second kappa shape index (κ2) is 4.56. The van der Waals surface area contributed by atoms with E-state index in [0.29, 0.717) is 12.3 Å². The summed E-state index contributed by atoms with van der Waals surface area (Å²) in [5, 5.41) is 6.06. The third-order valence-electron chi connectivity index (χ3n) is 1.29. The first-order valence-corrected chi connectivity index (χ1v) is 4.04. The average molecular weight is 199 g/mol. The fraction of sp³-hybridized carbons (Fsp3) is 0.286. The van der Waals surface area contributed by atoms with Gasteiger partial charge in [0.15, 0.2) is 5.76 Å². The lowest BCUT2D eigenvalue weighted by Gasteiger charge is -2.00. The van der Waals surface area contributed by atoms with Crippen molar-refractivity contribution in [2.45, 2.75) is 13.0 Å². The first kappa shape index (κ1) is 9.66. The maximum atomic E-state index is 11.0. The summed E-state index contributed by atoms with van der Waals surface area (Å²) < 4.78 is 4.76. The lowest BCUT2D eigenvalue weighted by Crippen LogP contribution is -2.27. The SMILES string of the molecule is NC(=S)CC(=O)NCc1ccno1. The topological polar surface area (TPSA) is 81.2 Å². The number of rotatable bonds is 4. The molecule has 1 aromatic rings. The molecule has 6 heteroatoms. The van der Waals surface area contributed by atoms with E-state index < -0.39 is 0 Å². The molecule has 0 radical (unpaired) electrons. The fourth-order valence-corrected chi connectivity index (χ4v) is 0.871. The second-order valence-electron chi connectivity index (χ2n) is 2.40. The molecule has 0 fully saturated rings. The maximum Gasteiger partial charge on any atom is 0.227 e. The van der Waals surface area contributed by atoms with Crippen molar-refractivity contribution >= 4 is 23.1 Å². The van der Waals surface area contributed by atoms with Crippen LogP contribution in [0.2, 0.25) is 0 Å². The molecule has 0 aliphatic carbocycles. The van der Waals surface area contributed by atoms with Crippen LogP contribution in [-0.4, -0.2) is 16.1 Å². The highest BCUT2D eigenvalue weighted by Crippen LogP contribution is 1.95. The van der Waals surface area contributed by atoms with Gasteiger partial charge in [0, 0.05) is 6.07 Å². The summed E-state index contributed by atoms with van der Waals surface area (Å²) in [6.45, 7) is 0.307. The highest BCUT2D eigenvalue weighted by molar-refractivity contribution is 7.80. The van der Waals surface area contributed by atoms with E-state index >= 15 is 0 Å². The first-order chi connectivity index (χ1) is 6.18. The Balaban J connectivity index is 2.27. The lowest BCUT2D eigenvalue weighted by atomic mass is 10.4. The van der Waals surface area contributed by atoms with Crippen molar-refractivity contribution in [3.8, 4) is 0 Å². The number of carbonyl (C=O) groups excluding carboxylic acids is 1. The van der Waals surface area contributed by atoms with Gasteiger partial charge in [0.2, 0.25) is 5.91 Å². The highest BCUT2D eigenvalue weighted by Gasteiger charge is 2.03. The van der Waals surface area contributed by atoms with Crippen molar-refractivity contribution in [3.63, 3.8) is 0 Å². The van der Waals surface area contributed by atoms with Crippen LogP contribution >= 0.6 is 12.2 Å². The van der Waals surface area contributed by atoms with Crippen LogP contribution in [-0.2, 0) is 11.3 Å². The molecule has 0 saturated carbocycles. The number of carbonyl (C=O) groups is 1. The van der Waals surface area contributed by atoms with Gasteiger partial charge in [-0.15, -0.1) is 0 Å². The molecule has 1 aromatic heterocycles. The molecule has 3 N–H and O–H groups in total. The number of nitrogens with one attached hydrogen (secondary N) is 1. The summed E-state index contributed by atoms with van der Waals surface area (Å²) in [6.07, 6.45) is 1.57. The van der Waals surface area contributed by atoms with Gasteiger partial charge in [-0.3, -0.25) is 4.79 Å². The number of amides is 1. The van der Waals surface area contributed by atoms with Crippen molar-refractivity contribution in [1.29, 1.82) is 0 Å². The number of hydrogen-bond donors (Lipinski definition) is 2. The van der Waals surface area contributed by atoms with E-state index in [9.17, 15) is 4.79 Å². The summed E-state index contributed by atoms with van der Waals surface area (Å²) in [5.74, 6) is 0.375. The first-order valence-electron chi connectivity index (χ1n) is 3.63. The molecule has 0 bridgehead atoms. The van der Waals surface area contributed by atoms with Crippen LogP contribution in [0, 0.1) is 0 Å². The molecular formula is C7H9N3O2S. The van der Waals surface area contributed by atoms with Crippen LogP contribution in [0.5, 0.6) is 0 Å². The van der Waals surface area contributed by atoms with E-state index in [1.54, 1.807) is 6.07 Å². The summed E-state index contributed by atoms with van der Waals surface area (Å²) in [4.78, 5) is 11.2. The zero-order chi connectivity index (χ0) is 9.68. The molecule has 0 unspecified atom stereocenters.